The molecular weight excluding hydrogens is 215 g/mol. The number of nitriles is 2. The van der Waals surface area contributed by atoms with E-state index in [-0.39, 0.29) is 15.0 Å². The second-order valence-corrected chi connectivity index (χ2v) is 4.54. The zero-order valence-corrected chi connectivity index (χ0v) is 7.98. The van der Waals surface area contributed by atoms with Crippen molar-refractivity contribution in [2.45, 2.75) is 4.82 Å². The molecule has 0 heterocycles. The van der Waals surface area contributed by atoms with Crippen LogP contribution >= 0.6 is 0 Å². The minimum atomic E-state index is -0.458. The Labute approximate surface area is 77.6 Å². The molecule has 1 aromatic rings. The molecule has 0 aliphatic carbocycles. The Balaban J connectivity index is 2.66. The number of benzene rings is 1. The van der Waals surface area contributed by atoms with Gasteiger partial charge in [0, 0.05) is 0 Å². The molecule has 0 bridgehead atoms. The van der Waals surface area contributed by atoms with Crippen LogP contribution in [0.15, 0.2) is 30.3 Å². The summed E-state index contributed by atoms with van der Waals surface area (Å²) in [5, 5.41) is 17.1. The van der Waals surface area contributed by atoms with E-state index in [0.29, 0.717) is 0 Å². The van der Waals surface area contributed by atoms with Gasteiger partial charge in [-0.25, -0.2) is 0 Å². The summed E-state index contributed by atoms with van der Waals surface area (Å²) >= 11 is -0.0369. The van der Waals surface area contributed by atoms with Gasteiger partial charge in [0.1, 0.15) is 0 Å². The Kier molecular flexibility index (Phi) is 3.35. The second kappa shape index (κ2) is 4.57. The molecule has 0 fully saturated rings. The molecule has 0 aromatic heterocycles. The number of nitrogens with zero attached hydrogens (tertiary/aromatic N) is 2. The van der Waals surface area contributed by atoms with Gasteiger partial charge in [0.05, 0.1) is 0 Å². The Morgan fingerprint density at radius 2 is 1.67 bits per heavy atom. The molecule has 0 spiro atoms. The Hall–Kier alpha value is -1.28. The van der Waals surface area contributed by atoms with Crippen molar-refractivity contribution in [3.05, 3.63) is 30.3 Å². The van der Waals surface area contributed by atoms with Gasteiger partial charge < -0.3 is 0 Å². The number of hydrogen-bond donors (Lipinski definition) is 0. The van der Waals surface area contributed by atoms with Crippen LogP contribution in [0.25, 0.3) is 0 Å². The van der Waals surface area contributed by atoms with Crippen LogP contribution in [0.3, 0.4) is 0 Å². The third-order valence-corrected chi connectivity index (χ3v) is 3.31. The fourth-order valence-corrected chi connectivity index (χ4v) is 2.17. The van der Waals surface area contributed by atoms with Crippen LogP contribution in [0.5, 0.6) is 0 Å². The molecule has 2 nitrogen and oxygen atoms in total. The zero-order chi connectivity index (χ0) is 8.81. The Morgan fingerprint density at radius 1 is 1.08 bits per heavy atom. The minimum absolute atomic E-state index is 0.0369. The van der Waals surface area contributed by atoms with E-state index in [2.05, 4.69) is 0 Å². The molecule has 0 amide bonds. The summed E-state index contributed by atoms with van der Waals surface area (Å²) in [6, 6.07) is 13.6. The summed E-state index contributed by atoms with van der Waals surface area (Å²) < 4.78 is 1.10. The van der Waals surface area contributed by atoms with E-state index in [1.807, 2.05) is 42.5 Å². The molecule has 3 heteroatoms. The van der Waals surface area contributed by atoms with Crippen LogP contribution in [0.4, 0.5) is 0 Å². The average Bonchev–Trinajstić information content (AvgIpc) is 2.16. The first kappa shape index (κ1) is 8.81. The molecule has 0 aliphatic rings. The third-order valence-electron chi connectivity index (χ3n) is 1.23. The zero-order valence-electron chi connectivity index (χ0n) is 6.27. The van der Waals surface area contributed by atoms with Gasteiger partial charge in [0.2, 0.25) is 0 Å². The van der Waals surface area contributed by atoms with Crippen molar-refractivity contribution < 1.29 is 0 Å². The molecule has 0 unspecified atom stereocenters. The summed E-state index contributed by atoms with van der Waals surface area (Å²) in [5.41, 5.74) is 0. The monoisotopic (exact) mass is 222 g/mol. The van der Waals surface area contributed by atoms with Gasteiger partial charge in [-0.2, -0.15) is 0 Å². The van der Waals surface area contributed by atoms with Gasteiger partial charge in [-0.15, -0.1) is 0 Å². The van der Waals surface area contributed by atoms with Crippen LogP contribution in [0, 0.1) is 22.7 Å². The van der Waals surface area contributed by atoms with Crippen LogP contribution in [0.1, 0.15) is 0 Å². The van der Waals surface area contributed by atoms with Crippen molar-refractivity contribution in [1.82, 2.24) is 0 Å². The van der Waals surface area contributed by atoms with E-state index in [4.69, 9.17) is 10.5 Å². The van der Waals surface area contributed by atoms with Gasteiger partial charge in [-0.05, 0) is 0 Å². The van der Waals surface area contributed by atoms with Crippen molar-refractivity contribution in [3.8, 4) is 12.1 Å². The first-order chi connectivity index (χ1) is 5.86. The summed E-state index contributed by atoms with van der Waals surface area (Å²) in [6.45, 7) is 0. The van der Waals surface area contributed by atoms with Crippen LogP contribution in [-0.2, 0) is 0 Å². The second-order valence-electron chi connectivity index (χ2n) is 2.07. The summed E-state index contributed by atoms with van der Waals surface area (Å²) in [4.78, 5) is -0.458. The van der Waals surface area contributed by atoms with Gasteiger partial charge in [0.25, 0.3) is 0 Å². The van der Waals surface area contributed by atoms with Gasteiger partial charge in [-0.3, -0.25) is 0 Å². The fourth-order valence-electron chi connectivity index (χ4n) is 0.717. The van der Waals surface area contributed by atoms with Crippen LogP contribution in [0.2, 0.25) is 4.82 Å². The molecule has 0 N–H and O–H groups in total. The van der Waals surface area contributed by atoms with Crippen molar-refractivity contribution in [1.29, 1.82) is 10.5 Å². The third kappa shape index (κ3) is 2.40. The standard InChI is InChI=1S/C9H6N2Se/c10-6-9(7-11)12-8-4-2-1-3-5-8/h1-5,9H. The predicted molar refractivity (Wildman–Crippen MR) is 46.8 cm³/mol. The molecule has 58 valence electrons. The van der Waals surface area contributed by atoms with E-state index in [0.717, 1.165) is 4.46 Å². The molecule has 12 heavy (non-hydrogen) atoms. The van der Waals surface area contributed by atoms with Crippen LogP contribution < -0.4 is 4.46 Å². The molecule has 0 aliphatic heterocycles. The normalized spacial score (nSPS) is 8.92. The van der Waals surface area contributed by atoms with Crippen LogP contribution in [-0.4, -0.2) is 15.0 Å². The SMILES string of the molecule is N#CC(C#N)[Se]c1ccccc1. The maximum atomic E-state index is 8.53. The van der Waals surface area contributed by atoms with Crippen molar-refractivity contribution >= 4 is 19.4 Å². The Bertz CT molecular complexity index is 307. The van der Waals surface area contributed by atoms with Crippen molar-refractivity contribution in [3.63, 3.8) is 0 Å². The molecular formula is C9H6N2Se. The molecule has 0 saturated heterocycles. The number of hydrogen-bond acceptors (Lipinski definition) is 2. The van der Waals surface area contributed by atoms with E-state index >= 15 is 0 Å². The molecule has 0 atom stereocenters. The molecule has 0 radical (unpaired) electrons. The number of rotatable bonds is 2. The summed E-state index contributed by atoms with van der Waals surface area (Å²) in [6.07, 6.45) is 0. The summed E-state index contributed by atoms with van der Waals surface area (Å²) in [5.74, 6) is 0. The van der Waals surface area contributed by atoms with Crippen molar-refractivity contribution in [2.75, 3.05) is 0 Å². The van der Waals surface area contributed by atoms with Crippen molar-refractivity contribution in [2.24, 2.45) is 0 Å². The van der Waals surface area contributed by atoms with Gasteiger partial charge in [0.15, 0.2) is 0 Å². The quantitative estimate of drug-likeness (QED) is 0.695. The molecule has 1 rings (SSSR count). The molecule has 0 saturated carbocycles. The van der Waals surface area contributed by atoms with E-state index in [1.165, 1.54) is 0 Å². The van der Waals surface area contributed by atoms with Gasteiger partial charge in [-0.1, -0.05) is 0 Å². The average molecular weight is 221 g/mol. The maximum absolute atomic E-state index is 8.53. The first-order valence-corrected chi connectivity index (χ1v) is 5.22. The van der Waals surface area contributed by atoms with Gasteiger partial charge >= 0.3 is 77.2 Å². The predicted octanol–water partition coefficient (Wildman–Crippen LogP) is 0.852. The van der Waals surface area contributed by atoms with E-state index in [1.54, 1.807) is 0 Å². The molecule has 1 aromatic carbocycles. The summed E-state index contributed by atoms with van der Waals surface area (Å²) in [7, 11) is 0. The first-order valence-electron chi connectivity index (χ1n) is 3.38. The fraction of sp³-hybridized carbons (Fsp3) is 0.111. The Morgan fingerprint density at radius 3 is 2.17 bits per heavy atom. The van der Waals surface area contributed by atoms with E-state index < -0.39 is 4.82 Å². The topological polar surface area (TPSA) is 47.6 Å². The van der Waals surface area contributed by atoms with E-state index in [9.17, 15) is 0 Å².